The van der Waals surface area contributed by atoms with Crippen molar-refractivity contribution in [2.75, 3.05) is 0 Å². The van der Waals surface area contributed by atoms with Crippen molar-refractivity contribution in [3.63, 3.8) is 0 Å². The summed E-state index contributed by atoms with van der Waals surface area (Å²) < 4.78 is 0. The van der Waals surface area contributed by atoms with E-state index in [1.807, 2.05) is 0 Å². The lowest BCUT2D eigenvalue weighted by Crippen LogP contribution is -2.30. The minimum absolute atomic E-state index is 0.654. The Morgan fingerprint density at radius 2 is 1.36 bits per heavy atom. The number of unbranched alkanes of at least 4 members (excludes halogenated alkanes) is 3. The Morgan fingerprint density at radius 1 is 0.679 bits per heavy atom. The molecule has 0 saturated heterocycles. The van der Waals surface area contributed by atoms with E-state index >= 15 is 0 Å². The molecule has 0 heteroatoms. The predicted molar refractivity (Wildman–Crippen MR) is 126 cm³/mol. The molecular formula is C28H42. The number of benzene rings is 2. The zero-order valence-corrected chi connectivity index (χ0v) is 19.9. The normalized spacial score (nSPS) is 24.6. The fourth-order valence-corrected chi connectivity index (χ4v) is 6.15. The van der Waals surface area contributed by atoms with Crippen LogP contribution in [0, 0.1) is 46.5 Å². The van der Waals surface area contributed by atoms with Gasteiger partial charge in [0, 0.05) is 0 Å². The van der Waals surface area contributed by atoms with Gasteiger partial charge in [-0.1, -0.05) is 59.4 Å². The van der Waals surface area contributed by atoms with Gasteiger partial charge in [-0.15, -0.1) is 0 Å². The summed E-state index contributed by atoms with van der Waals surface area (Å²) in [7, 11) is 0. The summed E-state index contributed by atoms with van der Waals surface area (Å²) in [5.74, 6) is 2.88. The van der Waals surface area contributed by atoms with Crippen LogP contribution >= 0.6 is 0 Å². The van der Waals surface area contributed by atoms with Crippen molar-refractivity contribution in [2.24, 2.45) is 11.8 Å². The maximum Gasteiger partial charge on any atom is -0.0111 e. The van der Waals surface area contributed by atoms with E-state index in [1.165, 1.54) is 54.4 Å². The average Bonchev–Trinajstić information content (AvgIpc) is 2.65. The fourth-order valence-electron chi connectivity index (χ4n) is 6.15. The molecule has 0 bridgehead atoms. The standard InChI is InChI=1S/C28H42/c1-10-11-12-13-14-24-20(6)19(5)21(7)27-23(9)22(8)26-18(4)16(2)15-17(3)25(26)28(24)27/h15,19-21,24H,10-14H2,1-9H3. The summed E-state index contributed by atoms with van der Waals surface area (Å²) in [5.41, 5.74) is 10.9. The van der Waals surface area contributed by atoms with Crippen LogP contribution in [0.1, 0.15) is 111 Å². The average molecular weight is 379 g/mol. The summed E-state index contributed by atoms with van der Waals surface area (Å²) in [6.07, 6.45) is 6.82. The number of aryl methyl sites for hydroxylation is 4. The number of fused-ring (bicyclic) bond motifs is 3. The van der Waals surface area contributed by atoms with Crippen LogP contribution in [0.4, 0.5) is 0 Å². The maximum atomic E-state index is 2.53. The Labute approximate surface area is 174 Å². The molecule has 0 N–H and O–H groups in total. The SMILES string of the molecule is CCCCCCC1c2c(c(C)c(C)c3c(C)c(C)cc(C)c23)C(C)C(C)C1C. The predicted octanol–water partition coefficient (Wildman–Crippen LogP) is 8.83. The maximum absolute atomic E-state index is 2.53. The third-order valence-electron chi connectivity index (χ3n) is 8.39. The molecule has 0 spiro atoms. The molecule has 154 valence electrons. The van der Waals surface area contributed by atoms with E-state index in [1.54, 1.807) is 27.5 Å². The third kappa shape index (κ3) is 3.31. The van der Waals surface area contributed by atoms with E-state index in [-0.39, 0.29) is 0 Å². The van der Waals surface area contributed by atoms with Gasteiger partial charge in [-0.25, -0.2) is 0 Å². The summed E-state index contributed by atoms with van der Waals surface area (Å²) in [4.78, 5) is 0. The number of hydrogen-bond donors (Lipinski definition) is 0. The Hall–Kier alpha value is -1.30. The van der Waals surface area contributed by atoms with Crippen molar-refractivity contribution in [1.82, 2.24) is 0 Å². The van der Waals surface area contributed by atoms with Gasteiger partial charge in [0.05, 0.1) is 0 Å². The smallest absolute Gasteiger partial charge is 0.0111 e. The van der Waals surface area contributed by atoms with E-state index in [4.69, 9.17) is 0 Å². The first kappa shape index (κ1) is 21.4. The molecule has 3 rings (SSSR count). The molecule has 0 aromatic heterocycles. The van der Waals surface area contributed by atoms with Crippen LogP contribution in [0.25, 0.3) is 10.8 Å². The molecule has 0 aliphatic heterocycles. The highest BCUT2D eigenvalue weighted by Crippen LogP contribution is 2.53. The highest BCUT2D eigenvalue weighted by Gasteiger charge is 2.38. The molecule has 4 atom stereocenters. The molecule has 0 radical (unpaired) electrons. The summed E-state index contributed by atoms with van der Waals surface area (Å²) in [6.45, 7) is 21.6. The molecule has 0 nitrogen and oxygen atoms in total. The fraction of sp³-hybridized carbons (Fsp3) is 0.643. The monoisotopic (exact) mass is 378 g/mol. The molecule has 28 heavy (non-hydrogen) atoms. The van der Waals surface area contributed by atoms with Crippen molar-refractivity contribution in [3.05, 3.63) is 45.0 Å². The molecule has 0 heterocycles. The van der Waals surface area contributed by atoms with Crippen molar-refractivity contribution in [2.45, 2.75) is 106 Å². The van der Waals surface area contributed by atoms with Crippen molar-refractivity contribution in [1.29, 1.82) is 0 Å². The van der Waals surface area contributed by atoms with Crippen LogP contribution in [0.5, 0.6) is 0 Å². The number of hydrogen-bond acceptors (Lipinski definition) is 0. The van der Waals surface area contributed by atoms with Crippen molar-refractivity contribution >= 4 is 10.8 Å². The summed E-state index contributed by atoms with van der Waals surface area (Å²) in [6, 6.07) is 2.44. The van der Waals surface area contributed by atoms with Gasteiger partial charge in [0.25, 0.3) is 0 Å². The molecule has 1 aliphatic rings. The van der Waals surface area contributed by atoms with Crippen LogP contribution in [-0.2, 0) is 0 Å². The summed E-state index contributed by atoms with van der Waals surface area (Å²) in [5, 5.41) is 3.16. The molecule has 2 aromatic carbocycles. The summed E-state index contributed by atoms with van der Waals surface area (Å²) >= 11 is 0. The highest BCUT2D eigenvalue weighted by atomic mass is 14.4. The molecule has 2 aromatic rings. The van der Waals surface area contributed by atoms with Gasteiger partial charge < -0.3 is 0 Å². The van der Waals surface area contributed by atoms with Crippen molar-refractivity contribution < 1.29 is 0 Å². The van der Waals surface area contributed by atoms with Crippen LogP contribution in [0.2, 0.25) is 0 Å². The van der Waals surface area contributed by atoms with E-state index in [9.17, 15) is 0 Å². The Bertz CT molecular complexity index is 870. The molecule has 0 saturated carbocycles. The van der Waals surface area contributed by atoms with E-state index in [2.05, 4.69) is 68.4 Å². The van der Waals surface area contributed by atoms with Gasteiger partial charge >= 0.3 is 0 Å². The zero-order chi connectivity index (χ0) is 20.7. The van der Waals surface area contributed by atoms with Crippen LogP contribution in [0.15, 0.2) is 6.07 Å². The quantitative estimate of drug-likeness (QED) is 0.456. The zero-order valence-electron chi connectivity index (χ0n) is 19.9. The van der Waals surface area contributed by atoms with Gasteiger partial charge in [0.15, 0.2) is 0 Å². The minimum Gasteiger partial charge on any atom is -0.0654 e. The highest BCUT2D eigenvalue weighted by molar-refractivity contribution is 5.97. The van der Waals surface area contributed by atoms with Crippen LogP contribution < -0.4 is 0 Å². The Morgan fingerprint density at radius 3 is 2.00 bits per heavy atom. The van der Waals surface area contributed by atoms with Crippen LogP contribution in [0.3, 0.4) is 0 Å². The van der Waals surface area contributed by atoms with Gasteiger partial charge in [-0.2, -0.15) is 0 Å². The molecule has 1 aliphatic carbocycles. The second kappa shape index (κ2) is 8.21. The van der Waals surface area contributed by atoms with Crippen molar-refractivity contribution in [3.8, 4) is 0 Å². The second-order valence-electron chi connectivity index (χ2n) is 9.93. The van der Waals surface area contributed by atoms with Gasteiger partial charge in [0.1, 0.15) is 0 Å². The Kier molecular flexibility index (Phi) is 6.28. The first-order valence-corrected chi connectivity index (χ1v) is 11.8. The van der Waals surface area contributed by atoms with Gasteiger partial charge in [-0.05, 0) is 114 Å². The van der Waals surface area contributed by atoms with Gasteiger partial charge in [-0.3, -0.25) is 0 Å². The lowest BCUT2D eigenvalue weighted by atomic mass is 9.61. The molecule has 4 unspecified atom stereocenters. The molecule has 0 fully saturated rings. The molecular weight excluding hydrogens is 336 g/mol. The van der Waals surface area contributed by atoms with E-state index < -0.39 is 0 Å². The van der Waals surface area contributed by atoms with E-state index in [0.29, 0.717) is 11.8 Å². The second-order valence-corrected chi connectivity index (χ2v) is 9.93. The van der Waals surface area contributed by atoms with Gasteiger partial charge in [0.2, 0.25) is 0 Å². The largest absolute Gasteiger partial charge is 0.0654 e. The minimum atomic E-state index is 0.654. The van der Waals surface area contributed by atoms with Crippen LogP contribution in [-0.4, -0.2) is 0 Å². The first-order valence-electron chi connectivity index (χ1n) is 11.8. The lowest BCUT2D eigenvalue weighted by Gasteiger charge is -2.43. The number of rotatable bonds is 5. The Balaban J connectivity index is 2.31. The molecule has 0 amide bonds. The topological polar surface area (TPSA) is 0 Å². The lowest BCUT2D eigenvalue weighted by molar-refractivity contribution is 0.251. The third-order valence-corrected chi connectivity index (χ3v) is 8.39. The first-order chi connectivity index (χ1) is 13.2. The van der Waals surface area contributed by atoms with E-state index in [0.717, 1.165) is 11.8 Å².